The number of para-hydroxylation sites is 1. The minimum Gasteiger partial charge on any atom is -0.351 e. The van der Waals surface area contributed by atoms with Crippen molar-refractivity contribution < 1.29 is 9.59 Å². The van der Waals surface area contributed by atoms with Crippen molar-refractivity contribution in [3.63, 3.8) is 0 Å². The van der Waals surface area contributed by atoms with Crippen molar-refractivity contribution in [2.24, 2.45) is 5.73 Å². The van der Waals surface area contributed by atoms with Crippen LogP contribution in [-0.2, 0) is 6.42 Å². The molecule has 0 fully saturated rings. The van der Waals surface area contributed by atoms with Crippen LogP contribution in [0, 0.1) is 0 Å². The molecule has 2 amide bonds. The lowest BCUT2D eigenvalue weighted by molar-refractivity contribution is 0.0955. The standard InChI is InChI=1S/C15H19N5O2.ClH/c1-2-10-9-13(20-19-10)15(22)18-12-6-4-3-5-11(12)14(21)17-8-7-16;/h3-6,9H,2,7-8,16H2,1H3,(H,17,21)(H,18,22)(H,19,20);1H. The fraction of sp³-hybridized carbons (Fsp3) is 0.267. The number of carbonyl (C=O) groups is 2. The molecule has 0 aliphatic heterocycles. The molecule has 2 aromatic rings. The number of aromatic amines is 1. The summed E-state index contributed by atoms with van der Waals surface area (Å²) in [6.45, 7) is 2.69. The summed E-state index contributed by atoms with van der Waals surface area (Å²) in [6.07, 6.45) is 0.762. The Kier molecular flexibility index (Phi) is 7.24. The molecule has 0 spiro atoms. The first kappa shape index (κ1) is 18.7. The molecule has 0 radical (unpaired) electrons. The van der Waals surface area contributed by atoms with E-state index in [1.807, 2.05) is 6.92 Å². The second kappa shape index (κ2) is 8.92. The summed E-state index contributed by atoms with van der Waals surface area (Å²) in [6, 6.07) is 8.48. The molecule has 0 saturated carbocycles. The van der Waals surface area contributed by atoms with Gasteiger partial charge in [0.15, 0.2) is 5.69 Å². The summed E-state index contributed by atoms with van der Waals surface area (Å²) >= 11 is 0. The molecule has 23 heavy (non-hydrogen) atoms. The zero-order valence-corrected chi connectivity index (χ0v) is 13.6. The molecule has 0 unspecified atom stereocenters. The van der Waals surface area contributed by atoms with E-state index in [1.54, 1.807) is 30.3 Å². The van der Waals surface area contributed by atoms with E-state index in [4.69, 9.17) is 5.73 Å². The van der Waals surface area contributed by atoms with Gasteiger partial charge in [0.25, 0.3) is 11.8 Å². The van der Waals surface area contributed by atoms with Crippen molar-refractivity contribution in [1.29, 1.82) is 0 Å². The number of hydrogen-bond donors (Lipinski definition) is 4. The lowest BCUT2D eigenvalue weighted by Gasteiger charge is -2.10. The van der Waals surface area contributed by atoms with Crippen LogP contribution in [0.5, 0.6) is 0 Å². The van der Waals surface area contributed by atoms with Gasteiger partial charge in [-0.3, -0.25) is 14.7 Å². The summed E-state index contributed by atoms with van der Waals surface area (Å²) in [7, 11) is 0. The van der Waals surface area contributed by atoms with E-state index in [0.717, 1.165) is 12.1 Å². The smallest absolute Gasteiger partial charge is 0.276 e. The van der Waals surface area contributed by atoms with Gasteiger partial charge in [0, 0.05) is 18.8 Å². The molecule has 5 N–H and O–H groups in total. The van der Waals surface area contributed by atoms with E-state index in [2.05, 4.69) is 20.8 Å². The van der Waals surface area contributed by atoms with Gasteiger partial charge in [-0.05, 0) is 24.6 Å². The highest BCUT2D eigenvalue weighted by Crippen LogP contribution is 2.16. The molecule has 0 aliphatic rings. The van der Waals surface area contributed by atoms with Crippen LogP contribution in [0.25, 0.3) is 0 Å². The highest BCUT2D eigenvalue weighted by molar-refractivity contribution is 6.08. The number of benzene rings is 1. The number of halogens is 1. The van der Waals surface area contributed by atoms with E-state index in [1.165, 1.54) is 0 Å². The van der Waals surface area contributed by atoms with Crippen LogP contribution in [-0.4, -0.2) is 35.1 Å². The van der Waals surface area contributed by atoms with Crippen molar-refractivity contribution >= 4 is 29.9 Å². The Bertz CT molecular complexity index is 671. The summed E-state index contributed by atoms with van der Waals surface area (Å²) < 4.78 is 0. The number of rotatable bonds is 6. The second-order valence-electron chi connectivity index (χ2n) is 4.68. The number of aromatic nitrogens is 2. The van der Waals surface area contributed by atoms with Gasteiger partial charge in [0.05, 0.1) is 11.3 Å². The van der Waals surface area contributed by atoms with Crippen LogP contribution in [0.15, 0.2) is 30.3 Å². The molecule has 124 valence electrons. The average molecular weight is 338 g/mol. The van der Waals surface area contributed by atoms with Crippen LogP contribution < -0.4 is 16.4 Å². The number of anilines is 1. The molecule has 0 saturated heterocycles. The molecule has 0 bridgehead atoms. The highest BCUT2D eigenvalue weighted by Gasteiger charge is 2.15. The molecular formula is C15H20ClN5O2. The Labute approximate surface area is 140 Å². The number of H-pyrrole nitrogens is 1. The van der Waals surface area contributed by atoms with E-state index in [-0.39, 0.29) is 29.9 Å². The van der Waals surface area contributed by atoms with Crippen LogP contribution in [0.2, 0.25) is 0 Å². The first-order chi connectivity index (χ1) is 10.7. The van der Waals surface area contributed by atoms with Gasteiger partial charge in [-0.2, -0.15) is 5.10 Å². The maximum atomic E-state index is 12.2. The van der Waals surface area contributed by atoms with Gasteiger partial charge in [-0.15, -0.1) is 12.4 Å². The van der Waals surface area contributed by atoms with E-state index < -0.39 is 0 Å². The van der Waals surface area contributed by atoms with Gasteiger partial charge in [-0.25, -0.2) is 0 Å². The topological polar surface area (TPSA) is 113 Å². The Hall–Kier alpha value is -2.38. The van der Waals surface area contributed by atoms with Gasteiger partial charge < -0.3 is 16.4 Å². The molecule has 2 rings (SSSR count). The first-order valence-corrected chi connectivity index (χ1v) is 7.08. The Balaban J connectivity index is 0.00000264. The van der Waals surface area contributed by atoms with Crippen LogP contribution in [0.1, 0.15) is 33.5 Å². The number of nitrogens with two attached hydrogens (primary N) is 1. The zero-order valence-electron chi connectivity index (χ0n) is 12.8. The lowest BCUT2D eigenvalue weighted by Crippen LogP contribution is -2.30. The second-order valence-corrected chi connectivity index (χ2v) is 4.68. The predicted molar refractivity (Wildman–Crippen MR) is 91.0 cm³/mol. The molecule has 0 atom stereocenters. The molecule has 0 aliphatic carbocycles. The monoisotopic (exact) mass is 337 g/mol. The Morgan fingerprint density at radius 3 is 2.65 bits per heavy atom. The lowest BCUT2D eigenvalue weighted by atomic mass is 10.1. The number of nitrogens with zero attached hydrogens (tertiary/aromatic N) is 1. The number of carbonyl (C=O) groups excluding carboxylic acids is 2. The van der Waals surface area contributed by atoms with Crippen molar-refractivity contribution in [1.82, 2.24) is 15.5 Å². The third-order valence-electron chi connectivity index (χ3n) is 3.09. The largest absolute Gasteiger partial charge is 0.351 e. The fourth-order valence-electron chi connectivity index (χ4n) is 1.92. The molecular weight excluding hydrogens is 318 g/mol. The predicted octanol–water partition coefficient (Wildman–Crippen LogP) is 1.33. The van der Waals surface area contributed by atoms with Gasteiger partial charge in [0.2, 0.25) is 0 Å². The molecule has 1 aromatic heterocycles. The molecule has 1 heterocycles. The SMILES string of the molecule is CCc1cc(C(=O)Nc2ccccc2C(=O)NCCN)n[nH]1.Cl. The maximum Gasteiger partial charge on any atom is 0.276 e. The summed E-state index contributed by atoms with van der Waals surface area (Å²) in [5, 5.41) is 12.1. The number of amides is 2. The maximum absolute atomic E-state index is 12.2. The third kappa shape index (κ3) is 4.80. The van der Waals surface area contributed by atoms with Crippen molar-refractivity contribution in [3.05, 3.63) is 47.3 Å². The fourth-order valence-corrected chi connectivity index (χ4v) is 1.92. The highest BCUT2D eigenvalue weighted by atomic mass is 35.5. The quantitative estimate of drug-likeness (QED) is 0.637. The van der Waals surface area contributed by atoms with E-state index >= 15 is 0 Å². The number of aryl methyl sites for hydroxylation is 1. The Morgan fingerprint density at radius 2 is 2.00 bits per heavy atom. The number of hydrogen-bond acceptors (Lipinski definition) is 4. The minimum absolute atomic E-state index is 0. The van der Waals surface area contributed by atoms with Crippen LogP contribution >= 0.6 is 12.4 Å². The van der Waals surface area contributed by atoms with Crippen molar-refractivity contribution in [2.45, 2.75) is 13.3 Å². The summed E-state index contributed by atoms with van der Waals surface area (Å²) in [5.41, 5.74) is 7.35. The molecule has 8 heteroatoms. The van der Waals surface area contributed by atoms with E-state index in [9.17, 15) is 9.59 Å². The normalized spacial score (nSPS) is 9.83. The van der Waals surface area contributed by atoms with Crippen molar-refractivity contribution in [3.8, 4) is 0 Å². The minimum atomic E-state index is -0.366. The third-order valence-corrected chi connectivity index (χ3v) is 3.09. The van der Waals surface area contributed by atoms with E-state index in [0.29, 0.717) is 24.3 Å². The van der Waals surface area contributed by atoms with Crippen LogP contribution in [0.4, 0.5) is 5.69 Å². The zero-order chi connectivity index (χ0) is 15.9. The first-order valence-electron chi connectivity index (χ1n) is 7.08. The molecule has 1 aromatic carbocycles. The number of nitrogens with one attached hydrogen (secondary N) is 3. The van der Waals surface area contributed by atoms with Crippen LogP contribution in [0.3, 0.4) is 0 Å². The summed E-state index contributed by atoms with van der Waals surface area (Å²) in [4.78, 5) is 24.2. The summed E-state index contributed by atoms with van der Waals surface area (Å²) in [5.74, 6) is -0.646. The van der Waals surface area contributed by atoms with Crippen molar-refractivity contribution in [2.75, 3.05) is 18.4 Å². The van der Waals surface area contributed by atoms with Gasteiger partial charge >= 0.3 is 0 Å². The molecule has 7 nitrogen and oxygen atoms in total. The Morgan fingerprint density at radius 1 is 1.26 bits per heavy atom. The van der Waals surface area contributed by atoms with Gasteiger partial charge in [0.1, 0.15) is 0 Å². The van der Waals surface area contributed by atoms with Gasteiger partial charge in [-0.1, -0.05) is 19.1 Å². The average Bonchev–Trinajstić information content (AvgIpc) is 3.02.